The molecule has 0 aliphatic carbocycles. The SMILES string of the molecule is C=C[C@]1(C(=O)OC)CCCN1.C=C[C@]1(C(=O)OC)CCCN1C(=O)OC(C)(C)C.C=C[C@]12CCCN1[C@H](C(Cl)(Cl)Cl)OC2=O.CC(C)(C)OC(=O)OC(=O)OC(C)(C)C. The van der Waals surface area contributed by atoms with Crippen molar-refractivity contribution < 1.29 is 61.9 Å². The van der Waals surface area contributed by atoms with Gasteiger partial charge >= 0.3 is 36.3 Å². The van der Waals surface area contributed by atoms with Gasteiger partial charge < -0.3 is 33.2 Å². The Morgan fingerprint density at radius 3 is 1.63 bits per heavy atom. The van der Waals surface area contributed by atoms with Crippen LogP contribution in [0.5, 0.6) is 0 Å². The standard InChI is InChI=1S/C13H21NO4.C10H18O5.C9H10Cl3NO2.C8H13NO2/c1-6-13(10(15)17-5)8-7-9-14(13)11(16)18-12(2,3)4;1-9(2,3)14-7(11)13-8(12)15-10(4,5)6;1-2-8-4-3-5-13(8)6(9(10,11)12)15-7(8)14;1-3-8(7(10)11-2)5-4-6-9-8/h6H,1,7-9H2,2-5H3;1-6H3;2,6H,1,3-5H2;3,9H,1,4-6H2,2H3/t13-;;6-,8+;8-/m1.01/s1. The fraction of sp³-hybridized carbons (Fsp3) is 0.700. The van der Waals surface area contributed by atoms with Crippen molar-refractivity contribution in [1.82, 2.24) is 15.1 Å². The van der Waals surface area contributed by atoms with Crippen LogP contribution in [0.4, 0.5) is 14.4 Å². The summed E-state index contributed by atoms with van der Waals surface area (Å²) in [5, 5.41) is 3.08. The molecule has 4 rings (SSSR count). The molecule has 19 heteroatoms. The fourth-order valence-corrected chi connectivity index (χ4v) is 6.80. The number of carbonyl (C=O) groups is 6. The lowest BCUT2D eigenvalue weighted by Gasteiger charge is -2.34. The minimum Gasteiger partial charge on any atom is -0.467 e. The molecule has 0 bridgehead atoms. The van der Waals surface area contributed by atoms with Crippen molar-refractivity contribution in [1.29, 1.82) is 0 Å². The van der Waals surface area contributed by atoms with Gasteiger partial charge in [-0.2, -0.15) is 0 Å². The minimum atomic E-state index is -1.62. The molecule has 0 spiro atoms. The van der Waals surface area contributed by atoms with Gasteiger partial charge in [0.1, 0.15) is 27.9 Å². The highest BCUT2D eigenvalue weighted by Gasteiger charge is 2.61. The number of halogens is 3. The van der Waals surface area contributed by atoms with E-state index in [0.717, 1.165) is 32.2 Å². The summed E-state index contributed by atoms with van der Waals surface area (Å²) in [6, 6.07) is 0. The molecular formula is C40H62Cl3N3O13. The molecule has 4 saturated heterocycles. The second-order valence-corrected chi connectivity index (χ2v) is 19.2. The lowest BCUT2D eigenvalue weighted by Crippen LogP contribution is -2.53. The summed E-state index contributed by atoms with van der Waals surface area (Å²) < 4.78 is 32.0. The zero-order valence-electron chi connectivity index (χ0n) is 36.1. The predicted octanol–water partition coefficient (Wildman–Crippen LogP) is 7.72. The van der Waals surface area contributed by atoms with Crippen molar-refractivity contribution in [2.75, 3.05) is 33.9 Å². The van der Waals surface area contributed by atoms with Crippen LogP contribution < -0.4 is 5.32 Å². The van der Waals surface area contributed by atoms with Crippen molar-refractivity contribution in [2.24, 2.45) is 0 Å². The summed E-state index contributed by atoms with van der Waals surface area (Å²) in [5.74, 6) is -1.07. The van der Waals surface area contributed by atoms with Crippen molar-refractivity contribution in [3.8, 4) is 0 Å². The molecule has 16 nitrogen and oxygen atoms in total. The van der Waals surface area contributed by atoms with E-state index in [4.69, 9.17) is 58.5 Å². The molecule has 59 heavy (non-hydrogen) atoms. The number of alkyl halides is 3. The number of cyclic esters (lactones) is 1. The van der Waals surface area contributed by atoms with Gasteiger partial charge in [-0.3, -0.25) is 10.2 Å². The molecule has 0 aromatic carbocycles. The van der Waals surface area contributed by atoms with Crippen molar-refractivity contribution in [3.05, 3.63) is 38.0 Å². The van der Waals surface area contributed by atoms with E-state index in [1.165, 1.54) is 25.2 Å². The van der Waals surface area contributed by atoms with Gasteiger partial charge in [-0.05, 0) is 107 Å². The Balaban J connectivity index is 0.000000398. The average molecular weight is 899 g/mol. The van der Waals surface area contributed by atoms with E-state index in [0.29, 0.717) is 25.9 Å². The highest BCUT2D eigenvalue weighted by Crippen LogP contribution is 2.47. The summed E-state index contributed by atoms with van der Waals surface area (Å²) in [6.45, 7) is 28.3. The quantitative estimate of drug-likeness (QED) is 0.0929. The third-order valence-corrected chi connectivity index (χ3v) is 9.45. The molecule has 0 aromatic rings. The Kier molecular flexibility index (Phi) is 19.3. The number of fused-ring (bicyclic) bond motifs is 1. The summed E-state index contributed by atoms with van der Waals surface area (Å²) in [4.78, 5) is 72.2. The van der Waals surface area contributed by atoms with E-state index in [2.05, 4.69) is 34.5 Å². The van der Waals surface area contributed by atoms with Crippen LogP contribution in [-0.4, -0.2) is 123 Å². The molecule has 1 N–H and O–H groups in total. The predicted molar refractivity (Wildman–Crippen MR) is 222 cm³/mol. The molecular weight excluding hydrogens is 837 g/mol. The maximum absolute atomic E-state index is 12.1. The minimum absolute atomic E-state index is 0.231. The molecule has 0 saturated carbocycles. The normalized spacial score (nSPS) is 25.1. The Hall–Kier alpha value is -3.57. The molecule has 0 unspecified atom stereocenters. The van der Waals surface area contributed by atoms with Gasteiger partial charge in [0.05, 0.1) is 14.2 Å². The second-order valence-electron chi connectivity index (χ2n) is 16.8. The lowest BCUT2D eigenvalue weighted by molar-refractivity contribution is -0.150. The number of carbonyl (C=O) groups excluding carboxylic acids is 6. The number of rotatable bonds is 5. The van der Waals surface area contributed by atoms with Crippen LogP contribution in [-0.2, 0) is 47.5 Å². The number of methoxy groups -OCH3 is 2. The zero-order valence-corrected chi connectivity index (χ0v) is 38.4. The number of esters is 3. The van der Waals surface area contributed by atoms with Gasteiger partial charge in [0.25, 0.3) is 0 Å². The molecule has 336 valence electrons. The van der Waals surface area contributed by atoms with Gasteiger partial charge in [0.2, 0.25) is 10.0 Å². The van der Waals surface area contributed by atoms with E-state index in [9.17, 15) is 28.8 Å². The summed E-state index contributed by atoms with van der Waals surface area (Å²) in [5.41, 5.74) is -4.46. The third kappa shape index (κ3) is 15.1. The molecule has 0 aromatic heterocycles. The first-order valence-corrected chi connectivity index (χ1v) is 20.1. The van der Waals surface area contributed by atoms with E-state index >= 15 is 0 Å². The van der Waals surface area contributed by atoms with Crippen LogP contribution in [0, 0.1) is 0 Å². The fourth-order valence-electron chi connectivity index (χ4n) is 6.31. The maximum atomic E-state index is 12.1. The summed E-state index contributed by atoms with van der Waals surface area (Å²) in [7, 11) is 2.70. The first-order chi connectivity index (χ1) is 26.9. The van der Waals surface area contributed by atoms with Crippen LogP contribution in [0.15, 0.2) is 38.0 Å². The average Bonchev–Trinajstić information content (AvgIpc) is 3.90. The van der Waals surface area contributed by atoms with E-state index in [1.54, 1.807) is 79.4 Å². The Morgan fingerprint density at radius 1 is 0.729 bits per heavy atom. The highest BCUT2D eigenvalue weighted by molar-refractivity contribution is 6.68. The number of nitrogens with one attached hydrogen (secondary N) is 1. The van der Waals surface area contributed by atoms with Crippen LogP contribution in [0.25, 0.3) is 0 Å². The van der Waals surface area contributed by atoms with Gasteiger partial charge in [0.15, 0.2) is 5.54 Å². The van der Waals surface area contributed by atoms with E-state index in [-0.39, 0.29) is 11.9 Å². The number of ether oxygens (including phenoxy) is 7. The maximum Gasteiger partial charge on any atom is 0.519 e. The Labute approximate surface area is 363 Å². The Morgan fingerprint density at radius 2 is 1.24 bits per heavy atom. The molecule has 4 aliphatic rings. The van der Waals surface area contributed by atoms with Crippen LogP contribution in [0.1, 0.15) is 101 Å². The molecule has 4 aliphatic heterocycles. The largest absolute Gasteiger partial charge is 0.519 e. The summed E-state index contributed by atoms with van der Waals surface area (Å²) in [6.07, 6.45) is 5.83. The Bertz CT molecular complexity index is 1520. The van der Waals surface area contributed by atoms with Crippen molar-refractivity contribution in [2.45, 2.75) is 144 Å². The number of hydrogen-bond acceptors (Lipinski definition) is 15. The van der Waals surface area contributed by atoms with Gasteiger partial charge in [-0.15, -0.1) is 19.7 Å². The van der Waals surface area contributed by atoms with E-state index in [1.807, 2.05) is 0 Å². The van der Waals surface area contributed by atoms with Gasteiger partial charge in [0, 0.05) is 13.1 Å². The van der Waals surface area contributed by atoms with Crippen molar-refractivity contribution in [3.63, 3.8) is 0 Å². The number of likely N-dealkylation sites (tertiary alicyclic amines) is 1. The van der Waals surface area contributed by atoms with Crippen LogP contribution in [0.2, 0.25) is 0 Å². The molecule has 1 amide bonds. The van der Waals surface area contributed by atoms with Gasteiger partial charge in [-0.25, -0.2) is 33.7 Å². The highest BCUT2D eigenvalue weighted by atomic mass is 35.6. The summed E-state index contributed by atoms with van der Waals surface area (Å²) >= 11 is 17.3. The van der Waals surface area contributed by atoms with Crippen LogP contribution in [0.3, 0.4) is 0 Å². The van der Waals surface area contributed by atoms with Gasteiger partial charge in [-0.1, -0.05) is 53.0 Å². The topological polar surface area (TPSA) is 186 Å². The monoisotopic (exact) mass is 897 g/mol. The molecule has 4 atom stereocenters. The number of amides is 1. The third-order valence-electron chi connectivity index (χ3n) is 8.89. The van der Waals surface area contributed by atoms with Crippen molar-refractivity contribution >= 4 is 71.1 Å². The number of hydrogen-bond donors (Lipinski definition) is 1. The number of nitrogens with zero attached hydrogens (tertiary/aromatic N) is 2. The zero-order chi connectivity index (χ0) is 45.8. The molecule has 4 fully saturated rings. The second kappa shape index (κ2) is 21.3. The first kappa shape index (κ1) is 53.4. The molecule has 0 radical (unpaired) electrons. The van der Waals surface area contributed by atoms with E-state index < -0.39 is 67.8 Å². The first-order valence-electron chi connectivity index (χ1n) is 18.9. The smallest absolute Gasteiger partial charge is 0.467 e. The lowest BCUT2D eigenvalue weighted by atomic mass is 9.97. The molecule has 4 heterocycles. The van der Waals surface area contributed by atoms with Crippen LogP contribution >= 0.6 is 34.8 Å².